The van der Waals surface area contributed by atoms with Crippen LogP contribution in [0.2, 0.25) is 0 Å². The Bertz CT molecular complexity index is 390. The molecule has 1 aliphatic rings. The van der Waals surface area contributed by atoms with Crippen molar-refractivity contribution in [2.45, 2.75) is 38.6 Å². The Morgan fingerprint density at radius 3 is 2.76 bits per heavy atom. The molecule has 118 valence electrons. The van der Waals surface area contributed by atoms with Gasteiger partial charge in [0, 0.05) is 23.6 Å². The van der Waals surface area contributed by atoms with Crippen molar-refractivity contribution in [1.29, 1.82) is 0 Å². The Morgan fingerprint density at radius 2 is 2.10 bits per heavy atom. The molecule has 1 aliphatic heterocycles. The van der Waals surface area contributed by atoms with Crippen molar-refractivity contribution in [1.82, 2.24) is 10.2 Å². The first-order chi connectivity index (χ1) is 10.3. The Hall–Kier alpha value is -0.580. The van der Waals surface area contributed by atoms with Crippen LogP contribution in [0.15, 0.2) is 28.7 Å². The fourth-order valence-electron chi connectivity index (χ4n) is 2.72. The van der Waals surface area contributed by atoms with E-state index in [1.54, 1.807) is 0 Å². The molecule has 0 aromatic heterocycles. The zero-order valence-corrected chi connectivity index (χ0v) is 14.6. The molecule has 2 rings (SSSR count). The van der Waals surface area contributed by atoms with Gasteiger partial charge in [0.25, 0.3) is 0 Å². The van der Waals surface area contributed by atoms with E-state index in [4.69, 9.17) is 4.74 Å². The lowest BCUT2D eigenvalue weighted by molar-refractivity contribution is 0.194. The molecule has 21 heavy (non-hydrogen) atoms. The molecule has 1 heterocycles. The van der Waals surface area contributed by atoms with E-state index < -0.39 is 0 Å². The van der Waals surface area contributed by atoms with Crippen molar-refractivity contribution < 1.29 is 4.74 Å². The fraction of sp³-hybridized carbons (Fsp3) is 0.647. The zero-order chi connectivity index (χ0) is 14.9. The Morgan fingerprint density at radius 1 is 1.29 bits per heavy atom. The number of nitrogens with one attached hydrogen (secondary N) is 1. The van der Waals surface area contributed by atoms with Crippen molar-refractivity contribution in [2.75, 3.05) is 32.8 Å². The van der Waals surface area contributed by atoms with E-state index in [1.807, 2.05) is 24.3 Å². The van der Waals surface area contributed by atoms with Crippen LogP contribution in [0.5, 0.6) is 5.75 Å². The first kappa shape index (κ1) is 16.8. The van der Waals surface area contributed by atoms with Crippen LogP contribution in [0, 0.1) is 0 Å². The third kappa shape index (κ3) is 6.37. The maximum atomic E-state index is 5.85. The van der Waals surface area contributed by atoms with E-state index in [2.05, 4.69) is 33.1 Å². The van der Waals surface area contributed by atoms with Gasteiger partial charge in [-0.05, 0) is 56.6 Å². The van der Waals surface area contributed by atoms with Gasteiger partial charge in [0.1, 0.15) is 12.4 Å². The summed E-state index contributed by atoms with van der Waals surface area (Å²) < 4.78 is 6.94. The number of rotatable bonds is 9. The van der Waals surface area contributed by atoms with Crippen LogP contribution in [-0.2, 0) is 0 Å². The molecule has 0 amide bonds. The predicted octanol–water partition coefficient (Wildman–Crippen LogP) is 3.68. The number of halogens is 1. The van der Waals surface area contributed by atoms with E-state index in [-0.39, 0.29) is 0 Å². The first-order valence-electron chi connectivity index (χ1n) is 8.12. The number of unbranched alkanes of at least 4 members (excludes halogenated alkanes) is 1. The molecule has 1 aromatic carbocycles. The van der Waals surface area contributed by atoms with Gasteiger partial charge in [0.2, 0.25) is 0 Å². The summed E-state index contributed by atoms with van der Waals surface area (Å²) in [7, 11) is 0. The summed E-state index contributed by atoms with van der Waals surface area (Å²) in [6, 6.07) is 8.74. The average molecular weight is 355 g/mol. The SMILES string of the molecule is CCCCN(CCOc1ccc(Br)cc1)CC1CCCN1. The minimum atomic E-state index is 0.675. The monoisotopic (exact) mass is 354 g/mol. The van der Waals surface area contributed by atoms with Crippen LogP contribution in [-0.4, -0.2) is 43.7 Å². The predicted molar refractivity (Wildman–Crippen MR) is 92.0 cm³/mol. The smallest absolute Gasteiger partial charge is 0.119 e. The number of nitrogens with zero attached hydrogens (tertiary/aromatic N) is 1. The normalized spacial score (nSPS) is 18.3. The Kier molecular flexibility index (Phi) is 7.54. The fourth-order valence-corrected chi connectivity index (χ4v) is 2.99. The lowest BCUT2D eigenvalue weighted by Gasteiger charge is -2.25. The van der Waals surface area contributed by atoms with Crippen LogP contribution in [0.4, 0.5) is 0 Å². The molecule has 1 N–H and O–H groups in total. The summed E-state index contributed by atoms with van der Waals surface area (Å²) in [4.78, 5) is 2.55. The largest absolute Gasteiger partial charge is 0.492 e. The Labute approximate surface area is 137 Å². The van der Waals surface area contributed by atoms with Crippen LogP contribution in [0.25, 0.3) is 0 Å². The highest BCUT2D eigenvalue weighted by atomic mass is 79.9. The van der Waals surface area contributed by atoms with Crippen LogP contribution in [0.3, 0.4) is 0 Å². The van der Waals surface area contributed by atoms with Gasteiger partial charge in [-0.3, -0.25) is 4.90 Å². The molecule has 1 unspecified atom stereocenters. The number of ether oxygens (including phenoxy) is 1. The molecular weight excluding hydrogens is 328 g/mol. The molecule has 0 spiro atoms. The summed E-state index contributed by atoms with van der Waals surface area (Å²) in [6.45, 7) is 7.54. The molecule has 0 saturated carbocycles. The van der Waals surface area contributed by atoms with E-state index in [1.165, 1.54) is 38.8 Å². The summed E-state index contributed by atoms with van der Waals surface area (Å²) >= 11 is 3.44. The minimum absolute atomic E-state index is 0.675. The summed E-state index contributed by atoms with van der Waals surface area (Å²) in [5.74, 6) is 0.952. The van der Waals surface area contributed by atoms with Gasteiger partial charge in [-0.15, -0.1) is 0 Å². The van der Waals surface area contributed by atoms with Gasteiger partial charge in [-0.2, -0.15) is 0 Å². The molecule has 3 nitrogen and oxygen atoms in total. The minimum Gasteiger partial charge on any atom is -0.492 e. The van der Waals surface area contributed by atoms with Gasteiger partial charge in [0.15, 0.2) is 0 Å². The molecule has 1 saturated heterocycles. The average Bonchev–Trinajstić information content (AvgIpc) is 2.99. The lowest BCUT2D eigenvalue weighted by atomic mass is 10.2. The highest BCUT2D eigenvalue weighted by molar-refractivity contribution is 9.10. The third-order valence-electron chi connectivity index (χ3n) is 3.96. The van der Waals surface area contributed by atoms with E-state index in [0.717, 1.165) is 29.9 Å². The van der Waals surface area contributed by atoms with Gasteiger partial charge in [-0.25, -0.2) is 0 Å². The summed E-state index contributed by atoms with van der Waals surface area (Å²) in [5, 5.41) is 3.59. The van der Waals surface area contributed by atoms with E-state index in [0.29, 0.717) is 6.04 Å². The topological polar surface area (TPSA) is 24.5 Å². The number of hydrogen-bond acceptors (Lipinski definition) is 3. The van der Waals surface area contributed by atoms with Gasteiger partial charge >= 0.3 is 0 Å². The lowest BCUT2D eigenvalue weighted by Crippen LogP contribution is -2.40. The summed E-state index contributed by atoms with van der Waals surface area (Å²) in [6.07, 6.45) is 5.16. The van der Waals surface area contributed by atoms with Crippen molar-refractivity contribution in [3.8, 4) is 5.75 Å². The quantitative estimate of drug-likeness (QED) is 0.731. The highest BCUT2D eigenvalue weighted by Gasteiger charge is 2.17. The standard InChI is InChI=1S/C17H27BrN2O/c1-2-3-11-20(14-16-5-4-10-19-16)12-13-21-17-8-6-15(18)7-9-17/h6-9,16,19H,2-5,10-14H2,1H3. The van der Waals surface area contributed by atoms with Crippen LogP contribution >= 0.6 is 15.9 Å². The van der Waals surface area contributed by atoms with Crippen LogP contribution < -0.4 is 10.1 Å². The molecule has 1 atom stereocenters. The maximum absolute atomic E-state index is 5.85. The molecule has 1 aromatic rings. The second-order valence-corrected chi connectivity index (χ2v) is 6.67. The van der Waals surface area contributed by atoms with Crippen LogP contribution in [0.1, 0.15) is 32.6 Å². The molecular formula is C17H27BrN2O. The first-order valence-corrected chi connectivity index (χ1v) is 8.91. The molecule has 0 bridgehead atoms. The van der Waals surface area contributed by atoms with Crippen molar-refractivity contribution in [2.24, 2.45) is 0 Å². The molecule has 4 heteroatoms. The van der Waals surface area contributed by atoms with Crippen molar-refractivity contribution in [3.63, 3.8) is 0 Å². The maximum Gasteiger partial charge on any atom is 0.119 e. The van der Waals surface area contributed by atoms with Gasteiger partial charge in [-0.1, -0.05) is 29.3 Å². The van der Waals surface area contributed by atoms with Crippen molar-refractivity contribution in [3.05, 3.63) is 28.7 Å². The van der Waals surface area contributed by atoms with E-state index >= 15 is 0 Å². The molecule has 1 fully saturated rings. The zero-order valence-electron chi connectivity index (χ0n) is 13.0. The molecule has 0 radical (unpaired) electrons. The second-order valence-electron chi connectivity index (χ2n) is 5.75. The molecule has 0 aliphatic carbocycles. The Balaban J connectivity index is 1.73. The summed E-state index contributed by atoms with van der Waals surface area (Å²) in [5.41, 5.74) is 0. The number of hydrogen-bond donors (Lipinski definition) is 1. The highest BCUT2D eigenvalue weighted by Crippen LogP contribution is 2.16. The van der Waals surface area contributed by atoms with Gasteiger partial charge < -0.3 is 10.1 Å². The third-order valence-corrected chi connectivity index (χ3v) is 4.49. The second kappa shape index (κ2) is 9.44. The van der Waals surface area contributed by atoms with E-state index in [9.17, 15) is 0 Å². The van der Waals surface area contributed by atoms with Crippen molar-refractivity contribution >= 4 is 15.9 Å². The number of benzene rings is 1. The van der Waals surface area contributed by atoms with Gasteiger partial charge in [0.05, 0.1) is 0 Å².